The number of benzene rings is 7. The van der Waals surface area contributed by atoms with Crippen molar-refractivity contribution in [2.24, 2.45) is 0 Å². The Morgan fingerprint density at radius 2 is 0.982 bits per heavy atom. The largest absolute Gasteiger partial charge is 0.455 e. The zero-order valence-corrected chi connectivity index (χ0v) is 30.9. The van der Waals surface area contributed by atoms with Crippen LogP contribution in [0.15, 0.2) is 173 Å². The maximum atomic E-state index is 6.47. The Kier molecular flexibility index (Phi) is 6.96. The van der Waals surface area contributed by atoms with Crippen molar-refractivity contribution in [2.75, 3.05) is 0 Å². The van der Waals surface area contributed by atoms with Gasteiger partial charge >= 0.3 is 0 Å². The van der Waals surface area contributed by atoms with Gasteiger partial charge < -0.3 is 8.83 Å². The molecule has 57 heavy (non-hydrogen) atoms. The predicted octanol–water partition coefficient (Wildman–Crippen LogP) is 13.2. The van der Waals surface area contributed by atoms with Crippen LogP contribution in [-0.4, -0.2) is 24.9 Å². The Bertz CT molecular complexity index is 3540. The molecule has 0 aliphatic carbocycles. The smallest absolute Gasteiger partial charge is 0.180 e. The fraction of sp³-hybridized carbons (Fsp3) is 0. The van der Waals surface area contributed by atoms with Crippen molar-refractivity contribution >= 4 is 75.5 Å². The van der Waals surface area contributed by atoms with Crippen LogP contribution in [0, 0.1) is 0 Å². The number of hydrogen-bond acceptors (Lipinski definition) is 8. The molecule has 0 unspecified atom stereocenters. The highest BCUT2D eigenvalue weighted by atomic mass is 32.1. The molecule has 7 nitrogen and oxygen atoms in total. The number of hydrogen-bond donors (Lipinski definition) is 0. The van der Waals surface area contributed by atoms with E-state index < -0.39 is 0 Å². The zero-order valence-electron chi connectivity index (χ0n) is 30.0. The first kappa shape index (κ1) is 31.8. The van der Waals surface area contributed by atoms with Crippen LogP contribution >= 0.6 is 11.3 Å². The maximum absolute atomic E-state index is 6.47. The Labute approximate surface area is 328 Å². The molecule has 0 spiro atoms. The van der Waals surface area contributed by atoms with Crippen molar-refractivity contribution in [1.29, 1.82) is 0 Å². The van der Waals surface area contributed by atoms with Crippen molar-refractivity contribution in [3.05, 3.63) is 164 Å². The Hall–Kier alpha value is -7.55. The molecule has 8 heteroatoms. The van der Waals surface area contributed by atoms with Gasteiger partial charge in [0.1, 0.15) is 28.0 Å². The molecule has 12 aromatic rings. The first-order valence-electron chi connectivity index (χ1n) is 18.7. The monoisotopic (exact) mass is 749 g/mol. The second-order valence-electron chi connectivity index (χ2n) is 14.0. The van der Waals surface area contributed by atoms with E-state index in [9.17, 15) is 0 Å². The van der Waals surface area contributed by atoms with Crippen LogP contribution in [0.5, 0.6) is 0 Å². The summed E-state index contributed by atoms with van der Waals surface area (Å²) in [4.78, 5) is 25.8. The van der Waals surface area contributed by atoms with Crippen molar-refractivity contribution < 1.29 is 8.83 Å². The summed E-state index contributed by atoms with van der Waals surface area (Å²) in [6.45, 7) is 0. The topological polar surface area (TPSA) is 90.7 Å². The second kappa shape index (κ2) is 12.5. The molecule has 0 radical (unpaired) electrons. The van der Waals surface area contributed by atoms with E-state index >= 15 is 0 Å². The minimum atomic E-state index is 0.545. The normalized spacial score (nSPS) is 11.9. The molecule has 0 N–H and O–H groups in total. The van der Waals surface area contributed by atoms with Crippen LogP contribution in [0.2, 0.25) is 0 Å². The Morgan fingerprint density at radius 3 is 1.81 bits per heavy atom. The molecular formula is C49H27N5O2S. The standard InChI is InChI=1S/C49H27N5O2S/c1-3-13-28(14-4-1)42-45-43(33-18-8-10-23-38(33)56-45)51-47(50-42)30-25-26-39-36(27-30)41-34(20-12-24-40(41)57-39)48-52-46(29-15-5-2-6-16-29)53-49(54-48)35-21-11-19-32-31-17-7-9-22-37(31)55-44(32)35/h1-27H. The highest BCUT2D eigenvalue weighted by Crippen LogP contribution is 2.43. The van der Waals surface area contributed by atoms with Gasteiger partial charge in [-0.3, -0.25) is 0 Å². The van der Waals surface area contributed by atoms with Crippen LogP contribution in [0.4, 0.5) is 0 Å². The number of thiophene rings is 1. The number of rotatable bonds is 5. The molecular weight excluding hydrogens is 723 g/mol. The number of furan rings is 2. The van der Waals surface area contributed by atoms with Gasteiger partial charge in [0, 0.05) is 58.6 Å². The van der Waals surface area contributed by atoms with E-state index in [-0.39, 0.29) is 0 Å². The third kappa shape index (κ3) is 5.08. The van der Waals surface area contributed by atoms with Gasteiger partial charge in [0.2, 0.25) is 0 Å². The first-order chi connectivity index (χ1) is 28.2. The summed E-state index contributed by atoms with van der Waals surface area (Å²) in [5.74, 6) is 2.34. The summed E-state index contributed by atoms with van der Waals surface area (Å²) in [5.41, 5.74) is 9.06. The van der Waals surface area contributed by atoms with Crippen LogP contribution in [0.1, 0.15) is 0 Å². The van der Waals surface area contributed by atoms with Crippen LogP contribution in [-0.2, 0) is 0 Å². The van der Waals surface area contributed by atoms with E-state index in [0.29, 0.717) is 28.9 Å². The SMILES string of the molecule is c1ccc(-c2nc(-c3cccc4c3oc3ccccc34)nc(-c3cccc4sc5ccc(-c6nc(-c7ccccc7)c7oc8ccccc8c7n6)cc5c34)n2)cc1. The van der Waals surface area contributed by atoms with Crippen molar-refractivity contribution in [1.82, 2.24) is 24.9 Å². The average molecular weight is 750 g/mol. The molecule has 5 aromatic heterocycles. The summed E-state index contributed by atoms with van der Waals surface area (Å²) in [7, 11) is 0. The number of aromatic nitrogens is 5. The minimum absolute atomic E-state index is 0.545. The maximum Gasteiger partial charge on any atom is 0.180 e. The summed E-state index contributed by atoms with van der Waals surface area (Å²) in [5, 5.41) is 5.17. The number of para-hydroxylation sites is 3. The fourth-order valence-corrected chi connectivity index (χ4v) is 9.03. The molecule has 0 aliphatic heterocycles. The fourth-order valence-electron chi connectivity index (χ4n) is 7.92. The lowest BCUT2D eigenvalue weighted by Crippen LogP contribution is -2.00. The molecule has 0 fully saturated rings. The Balaban J connectivity index is 1.08. The van der Waals surface area contributed by atoms with Gasteiger partial charge in [-0.2, -0.15) is 0 Å². The van der Waals surface area contributed by atoms with Gasteiger partial charge in [-0.15, -0.1) is 11.3 Å². The van der Waals surface area contributed by atoms with Crippen LogP contribution < -0.4 is 0 Å². The molecule has 5 heterocycles. The quantitative estimate of drug-likeness (QED) is 0.173. The molecule has 266 valence electrons. The van der Waals surface area contributed by atoms with Crippen molar-refractivity contribution in [3.63, 3.8) is 0 Å². The van der Waals surface area contributed by atoms with E-state index in [2.05, 4.69) is 66.7 Å². The Morgan fingerprint density at radius 1 is 0.368 bits per heavy atom. The van der Waals surface area contributed by atoms with Gasteiger partial charge in [0.05, 0.1) is 5.56 Å². The van der Waals surface area contributed by atoms with Crippen LogP contribution in [0.25, 0.3) is 121 Å². The summed E-state index contributed by atoms with van der Waals surface area (Å²) < 4.78 is 15.1. The highest BCUT2D eigenvalue weighted by molar-refractivity contribution is 7.26. The van der Waals surface area contributed by atoms with Gasteiger partial charge in [0.25, 0.3) is 0 Å². The lowest BCUT2D eigenvalue weighted by molar-refractivity contribution is 0.667. The van der Waals surface area contributed by atoms with Gasteiger partial charge in [-0.25, -0.2) is 24.9 Å². The van der Waals surface area contributed by atoms with E-state index in [1.807, 2.05) is 97.1 Å². The minimum Gasteiger partial charge on any atom is -0.455 e. The molecule has 0 bridgehead atoms. The average Bonchev–Trinajstić information content (AvgIpc) is 3.97. The predicted molar refractivity (Wildman–Crippen MR) is 230 cm³/mol. The highest BCUT2D eigenvalue weighted by Gasteiger charge is 2.22. The third-order valence-electron chi connectivity index (χ3n) is 10.6. The van der Waals surface area contributed by atoms with Gasteiger partial charge in [-0.1, -0.05) is 115 Å². The molecule has 0 atom stereocenters. The summed E-state index contributed by atoms with van der Waals surface area (Å²) in [6.07, 6.45) is 0. The first-order valence-corrected chi connectivity index (χ1v) is 19.5. The number of nitrogens with zero attached hydrogens (tertiary/aromatic N) is 5. The lowest BCUT2D eigenvalue weighted by Gasteiger charge is -2.10. The van der Waals surface area contributed by atoms with Gasteiger partial charge in [-0.05, 0) is 48.5 Å². The van der Waals surface area contributed by atoms with Crippen LogP contribution in [0.3, 0.4) is 0 Å². The molecule has 0 aliphatic rings. The van der Waals surface area contributed by atoms with Crippen molar-refractivity contribution in [3.8, 4) is 56.8 Å². The molecule has 0 saturated heterocycles. The van der Waals surface area contributed by atoms with E-state index in [1.165, 1.54) is 0 Å². The summed E-state index contributed by atoms with van der Waals surface area (Å²) >= 11 is 1.74. The molecule has 7 aromatic carbocycles. The number of fused-ring (bicyclic) bond motifs is 9. The lowest BCUT2D eigenvalue weighted by atomic mass is 10.0. The van der Waals surface area contributed by atoms with E-state index in [1.54, 1.807) is 11.3 Å². The molecule has 12 rings (SSSR count). The third-order valence-corrected chi connectivity index (χ3v) is 11.7. The van der Waals surface area contributed by atoms with E-state index in [4.69, 9.17) is 33.8 Å². The molecule has 0 saturated carbocycles. The van der Waals surface area contributed by atoms with E-state index in [0.717, 1.165) is 92.1 Å². The van der Waals surface area contributed by atoms with Crippen molar-refractivity contribution in [2.45, 2.75) is 0 Å². The molecule has 0 amide bonds. The second-order valence-corrected chi connectivity index (χ2v) is 15.1. The zero-order chi connectivity index (χ0) is 37.5. The summed E-state index contributed by atoms with van der Waals surface area (Å²) in [6, 6.07) is 55.3. The van der Waals surface area contributed by atoms with Gasteiger partial charge in [0.15, 0.2) is 28.9 Å².